The van der Waals surface area contributed by atoms with E-state index in [-0.39, 0.29) is 25.3 Å². The Bertz CT molecular complexity index is 341. The first-order valence-electron chi connectivity index (χ1n) is 6.32. The summed E-state index contributed by atoms with van der Waals surface area (Å²) in [5.74, 6) is -1.37. The Kier molecular flexibility index (Phi) is 6.27. The lowest BCUT2D eigenvalue weighted by atomic mass is 10.1. The molecule has 0 radical (unpaired) electrons. The van der Waals surface area contributed by atoms with Gasteiger partial charge in [-0.15, -0.1) is 0 Å². The van der Waals surface area contributed by atoms with E-state index in [1.807, 2.05) is 0 Å². The van der Waals surface area contributed by atoms with E-state index in [0.29, 0.717) is 5.92 Å². The smallest absolute Gasteiger partial charge is 0.326 e. The van der Waals surface area contributed by atoms with Gasteiger partial charge in [0, 0.05) is 6.42 Å². The molecule has 1 amide bonds. The lowest BCUT2D eigenvalue weighted by Crippen LogP contribution is -2.45. The second-order valence-electron chi connectivity index (χ2n) is 4.65. The number of carboxylic acid groups (broad SMARTS) is 1. The van der Waals surface area contributed by atoms with Crippen LogP contribution in [0.5, 0.6) is 0 Å². The summed E-state index contributed by atoms with van der Waals surface area (Å²) in [7, 11) is 1.23. The summed E-state index contributed by atoms with van der Waals surface area (Å²) in [6, 6.07) is -1.06. The number of aliphatic carboxylic acids is 1. The van der Waals surface area contributed by atoms with E-state index in [2.05, 4.69) is 15.4 Å². The molecule has 1 unspecified atom stereocenters. The molecule has 1 fully saturated rings. The fourth-order valence-electron chi connectivity index (χ4n) is 1.58. The van der Waals surface area contributed by atoms with Crippen LogP contribution >= 0.6 is 0 Å². The third-order valence-electron chi connectivity index (χ3n) is 2.91. The predicted octanol–water partition coefficient (Wildman–Crippen LogP) is -0.491. The SMILES string of the molecule is COC(=O)CCC(NC(=O)CNCC1CC1)C(=O)O. The lowest BCUT2D eigenvalue weighted by Gasteiger charge is -2.14. The molecule has 0 aliphatic heterocycles. The van der Waals surface area contributed by atoms with E-state index in [1.54, 1.807) is 0 Å². The number of amides is 1. The van der Waals surface area contributed by atoms with E-state index < -0.39 is 18.0 Å². The topological polar surface area (TPSA) is 105 Å². The van der Waals surface area contributed by atoms with Crippen molar-refractivity contribution in [1.82, 2.24) is 10.6 Å². The Balaban J connectivity index is 2.23. The molecule has 0 spiro atoms. The summed E-state index contributed by atoms with van der Waals surface area (Å²) >= 11 is 0. The first-order chi connectivity index (χ1) is 9.02. The van der Waals surface area contributed by atoms with Gasteiger partial charge in [-0.25, -0.2) is 4.79 Å². The molecule has 1 aliphatic rings. The van der Waals surface area contributed by atoms with Gasteiger partial charge >= 0.3 is 11.9 Å². The molecule has 7 heteroatoms. The van der Waals surface area contributed by atoms with E-state index in [4.69, 9.17) is 5.11 Å². The zero-order valence-electron chi connectivity index (χ0n) is 11.0. The van der Waals surface area contributed by atoms with Crippen LogP contribution in [0.2, 0.25) is 0 Å². The van der Waals surface area contributed by atoms with Crippen LogP contribution in [-0.4, -0.2) is 49.2 Å². The van der Waals surface area contributed by atoms with Crippen LogP contribution in [0, 0.1) is 5.92 Å². The van der Waals surface area contributed by atoms with Gasteiger partial charge in [0.15, 0.2) is 0 Å². The number of ether oxygens (including phenoxy) is 1. The van der Waals surface area contributed by atoms with Crippen molar-refractivity contribution in [2.24, 2.45) is 5.92 Å². The normalized spacial score (nSPS) is 15.6. The van der Waals surface area contributed by atoms with Gasteiger partial charge in [-0.1, -0.05) is 0 Å². The zero-order valence-corrected chi connectivity index (χ0v) is 11.0. The highest BCUT2D eigenvalue weighted by molar-refractivity contribution is 5.85. The summed E-state index contributed by atoms with van der Waals surface area (Å²) in [6.45, 7) is 0.881. The fraction of sp³-hybridized carbons (Fsp3) is 0.750. The quantitative estimate of drug-likeness (QED) is 0.489. The van der Waals surface area contributed by atoms with Crippen LogP contribution in [0.15, 0.2) is 0 Å². The van der Waals surface area contributed by atoms with E-state index >= 15 is 0 Å². The molecule has 1 atom stereocenters. The maximum Gasteiger partial charge on any atom is 0.326 e. The monoisotopic (exact) mass is 272 g/mol. The largest absolute Gasteiger partial charge is 0.480 e. The minimum absolute atomic E-state index is 0.0242. The van der Waals surface area contributed by atoms with Crippen LogP contribution in [0.1, 0.15) is 25.7 Å². The maximum atomic E-state index is 11.5. The zero-order chi connectivity index (χ0) is 14.3. The van der Waals surface area contributed by atoms with Crippen molar-refractivity contribution in [3.05, 3.63) is 0 Å². The number of carbonyl (C=O) groups excluding carboxylic acids is 2. The average Bonchev–Trinajstić information content (AvgIpc) is 3.17. The number of hydrogen-bond donors (Lipinski definition) is 3. The van der Waals surface area contributed by atoms with Gasteiger partial charge in [0.25, 0.3) is 0 Å². The van der Waals surface area contributed by atoms with Crippen LogP contribution in [0.3, 0.4) is 0 Å². The Morgan fingerprint density at radius 3 is 2.58 bits per heavy atom. The summed E-state index contributed by atoms with van der Waals surface area (Å²) in [6.07, 6.45) is 2.36. The van der Waals surface area contributed by atoms with Gasteiger partial charge in [0.1, 0.15) is 6.04 Å². The second kappa shape index (κ2) is 7.73. The Labute approximate surface area is 111 Å². The number of carboxylic acids is 1. The van der Waals surface area contributed by atoms with Gasteiger partial charge in [-0.05, 0) is 31.7 Å². The van der Waals surface area contributed by atoms with Crippen LogP contribution in [0.4, 0.5) is 0 Å². The molecule has 1 rings (SSSR count). The van der Waals surface area contributed by atoms with Crippen LogP contribution < -0.4 is 10.6 Å². The first kappa shape index (κ1) is 15.4. The average molecular weight is 272 g/mol. The van der Waals surface area contributed by atoms with Gasteiger partial charge < -0.3 is 20.5 Å². The molecule has 1 saturated carbocycles. The third kappa shape index (κ3) is 6.76. The number of hydrogen-bond acceptors (Lipinski definition) is 5. The van der Waals surface area contributed by atoms with Gasteiger partial charge in [0.05, 0.1) is 13.7 Å². The molecule has 1 aliphatic carbocycles. The molecule has 0 aromatic rings. The molecule has 0 aromatic heterocycles. The molecule has 7 nitrogen and oxygen atoms in total. The summed E-state index contributed by atoms with van der Waals surface area (Å²) in [5, 5.41) is 14.3. The number of nitrogens with one attached hydrogen (secondary N) is 2. The molecular formula is C12H20N2O5. The standard InChI is InChI=1S/C12H20N2O5/c1-19-11(16)5-4-9(12(17)18)14-10(15)7-13-6-8-2-3-8/h8-9,13H,2-7H2,1H3,(H,14,15)(H,17,18). The first-order valence-corrected chi connectivity index (χ1v) is 6.32. The number of methoxy groups -OCH3 is 1. The van der Waals surface area contributed by atoms with E-state index in [1.165, 1.54) is 20.0 Å². The Morgan fingerprint density at radius 1 is 1.37 bits per heavy atom. The fourth-order valence-corrected chi connectivity index (χ4v) is 1.58. The van der Waals surface area contributed by atoms with Crippen molar-refractivity contribution < 1.29 is 24.2 Å². The molecule has 0 aromatic carbocycles. The molecule has 0 saturated heterocycles. The van der Waals surface area contributed by atoms with Gasteiger partial charge in [-0.3, -0.25) is 9.59 Å². The van der Waals surface area contributed by atoms with E-state index in [9.17, 15) is 14.4 Å². The molecule has 0 heterocycles. The molecule has 0 bridgehead atoms. The highest BCUT2D eigenvalue weighted by Gasteiger charge is 2.23. The maximum absolute atomic E-state index is 11.5. The van der Waals surface area contributed by atoms with Crippen molar-refractivity contribution in [1.29, 1.82) is 0 Å². The third-order valence-corrected chi connectivity index (χ3v) is 2.91. The van der Waals surface area contributed by atoms with Gasteiger partial charge in [-0.2, -0.15) is 0 Å². The molecule has 19 heavy (non-hydrogen) atoms. The molecular weight excluding hydrogens is 252 g/mol. The Morgan fingerprint density at radius 2 is 2.05 bits per heavy atom. The minimum Gasteiger partial charge on any atom is -0.480 e. The van der Waals surface area contributed by atoms with E-state index in [0.717, 1.165) is 6.54 Å². The van der Waals surface area contributed by atoms with Crippen molar-refractivity contribution in [2.75, 3.05) is 20.2 Å². The molecule has 108 valence electrons. The second-order valence-corrected chi connectivity index (χ2v) is 4.65. The van der Waals surface area contributed by atoms with Crippen molar-refractivity contribution >= 4 is 17.8 Å². The van der Waals surface area contributed by atoms with Gasteiger partial charge in [0.2, 0.25) is 5.91 Å². The van der Waals surface area contributed by atoms with Crippen molar-refractivity contribution in [2.45, 2.75) is 31.7 Å². The summed E-state index contributed by atoms with van der Waals surface area (Å²) in [5.41, 5.74) is 0. The minimum atomic E-state index is -1.15. The van der Waals surface area contributed by atoms with Crippen LogP contribution in [0.25, 0.3) is 0 Å². The van der Waals surface area contributed by atoms with Crippen molar-refractivity contribution in [3.63, 3.8) is 0 Å². The number of rotatable bonds is 9. The Hall–Kier alpha value is -1.63. The van der Waals surface area contributed by atoms with Crippen molar-refractivity contribution in [3.8, 4) is 0 Å². The summed E-state index contributed by atoms with van der Waals surface area (Å²) in [4.78, 5) is 33.4. The molecule has 3 N–H and O–H groups in total. The van der Waals surface area contributed by atoms with Crippen LogP contribution in [-0.2, 0) is 19.1 Å². The summed E-state index contributed by atoms with van der Waals surface area (Å²) < 4.78 is 4.43. The lowest BCUT2D eigenvalue weighted by molar-refractivity contribution is -0.144. The predicted molar refractivity (Wildman–Crippen MR) is 66.4 cm³/mol. The highest BCUT2D eigenvalue weighted by Crippen LogP contribution is 2.27. The highest BCUT2D eigenvalue weighted by atomic mass is 16.5. The number of esters is 1. The number of carbonyl (C=O) groups is 3.